The smallest absolute Gasteiger partial charge is 0.231 e. The second kappa shape index (κ2) is 7.12. The third-order valence-corrected chi connectivity index (χ3v) is 5.42. The quantitative estimate of drug-likeness (QED) is 0.519. The van der Waals surface area contributed by atoms with Crippen molar-refractivity contribution < 1.29 is 14.3 Å². The summed E-state index contributed by atoms with van der Waals surface area (Å²) in [6, 6.07) is 15.0. The van der Waals surface area contributed by atoms with E-state index in [-0.39, 0.29) is 12.6 Å². The molecule has 0 radical (unpaired) electrons. The van der Waals surface area contributed by atoms with E-state index < -0.39 is 0 Å². The van der Waals surface area contributed by atoms with Crippen LogP contribution < -0.4 is 14.8 Å². The average molecular weight is 371 g/mol. The Labute approximate surface area is 152 Å². The van der Waals surface area contributed by atoms with Gasteiger partial charge in [-0.1, -0.05) is 41.3 Å². The highest BCUT2D eigenvalue weighted by atomic mass is 32.2. The van der Waals surface area contributed by atoms with Crippen LogP contribution in [0.5, 0.6) is 11.5 Å². The third-order valence-electron chi connectivity index (χ3n) is 3.45. The van der Waals surface area contributed by atoms with Gasteiger partial charge in [-0.2, -0.15) is 0 Å². The van der Waals surface area contributed by atoms with Crippen molar-refractivity contribution in [1.82, 2.24) is 10.2 Å². The summed E-state index contributed by atoms with van der Waals surface area (Å²) in [4.78, 5) is 12.3. The fourth-order valence-electron chi connectivity index (χ4n) is 2.24. The summed E-state index contributed by atoms with van der Waals surface area (Å²) in [5.41, 5.74) is 1.55. The van der Waals surface area contributed by atoms with Crippen LogP contribution in [0.2, 0.25) is 0 Å². The number of anilines is 2. The Morgan fingerprint density at radius 3 is 2.84 bits per heavy atom. The molecule has 0 spiro atoms. The van der Waals surface area contributed by atoms with E-state index >= 15 is 0 Å². The number of thioether (sulfide) groups is 1. The first kappa shape index (κ1) is 15.9. The number of nitrogens with zero attached hydrogens (tertiary/aromatic N) is 2. The van der Waals surface area contributed by atoms with E-state index in [4.69, 9.17) is 9.47 Å². The SMILES string of the molecule is O=C(CSc1nnc(Nc2ccccc2)s1)c1ccc2c(c1)OCO2. The third kappa shape index (κ3) is 3.75. The molecule has 0 bridgehead atoms. The van der Waals surface area contributed by atoms with Crippen LogP contribution in [0.25, 0.3) is 0 Å². The number of nitrogens with one attached hydrogen (secondary N) is 1. The lowest BCUT2D eigenvalue weighted by Gasteiger charge is -2.01. The van der Waals surface area contributed by atoms with Crippen LogP contribution >= 0.6 is 23.1 Å². The number of carbonyl (C=O) groups excluding carboxylic acids is 1. The molecule has 0 unspecified atom stereocenters. The van der Waals surface area contributed by atoms with Crippen molar-refractivity contribution in [3.63, 3.8) is 0 Å². The van der Waals surface area contributed by atoms with Crippen molar-refractivity contribution in [3.8, 4) is 11.5 Å². The number of para-hydroxylation sites is 1. The molecule has 3 aromatic rings. The minimum atomic E-state index is 0.0102. The number of aromatic nitrogens is 2. The molecule has 126 valence electrons. The number of ether oxygens (including phenoxy) is 2. The molecule has 2 aromatic carbocycles. The zero-order valence-corrected chi connectivity index (χ0v) is 14.6. The Morgan fingerprint density at radius 2 is 1.96 bits per heavy atom. The minimum Gasteiger partial charge on any atom is -0.454 e. The van der Waals surface area contributed by atoms with Gasteiger partial charge in [0.2, 0.25) is 11.9 Å². The monoisotopic (exact) mass is 371 g/mol. The normalized spacial score (nSPS) is 12.2. The fraction of sp³-hybridized carbons (Fsp3) is 0.118. The summed E-state index contributed by atoms with van der Waals surface area (Å²) in [7, 11) is 0. The summed E-state index contributed by atoms with van der Waals surface area (Å²) >= 11 is 2.79. The predicted octanol–water partition coefficient (Wildman–Crippen LogP) is 3.99. The molecule has 6 nitrogen and oxygen atoms in total. The van der Waals surface area contributed by atoms with Gasteiger partial charge in [-0.05, 0) is 30.3 Å². The highest BCUT2D eigenvalue weighted by molar-refractivity contribution is 8.01. The Morgan fingerprint density at radius 1 is 1.12 bits per heavy atom. The zero-order chi connectivity index (χ0) is 17.1. The van der Waals surface area contributed by atoms with Crippen LogP contribution in [-0.2, 0) is 0 Å². The van der Waals surface area contributed by atoms with Crippen molar-refractivity contribution in [2.45, 2.75) is 4.34 Å². The van der Waals surface area contributed by atoms with Crippen molar-refractivity contribution >= 4 is 39.7 Å². The van der Waals surface area contributed by atoms with Gasteiger partial charge in [0.15, 0.2) is 21.6 Å². The lowest BCUT2D eigenvalue weighted by molar-refractivity contribution is 0.102. The lowest BCUT2D eigenvalue weighted by Crippen LogP contribution is -2.02. The van der Waals surface area contributed by atoms with Crippen molar-refractivity contribution in [2.24, 2.45) is 0 Å². The largest absolute Gasteiger partial charge is 0.454 e. The molecule has 1 aliphatic heterocycles. The summed E-state index contributed by atoms with van der Waals surface area (Å²) in [6.07, 6.45) is 0. The Kier molecular flexibility index (Phi) is 4.53. The van der Waals surface area contributed by atoms with Crippen molar-refractivity contribution in [3.05, 3.63) is 54.1 Å². The molecular weight excluding hydrogens is 358 g/mol. The van der Waals surface area contributed by atoms with Gasteiger partial charge < -0.3 is 14.8 Å². The molecule has 4 rings (SSSR count). The van der Waals surface area contributed by atoms with Crippen LogP contribution in [0.1, 0.15) is 10.4 Å². The van der Waals surface area contributed by atoms with Gasteiger partial charge in [0, 0.05) is 11.3 Å². The van der Waals surface area contributed by atoms with Crippen LogP contribution in [0.15, 0.2) is 52.9 Å². The first-order valence-electron chi connectivity index (χ1n) is 7.49. The van der Waals surface area contributed by atoms with Gasteiger partial charge in [0.25, 0.3) is 0 Å². The van der Waals surface area contributed by atoms with Crippen LogP contribution in [0.4, 0.5) is 10.8 Å². The minimum absolute atomic E-state index is 0.0102. The molecule has 0 fully saturated rings. The number of carbonyl (C=O) groups is 1. The number of benzene rings is 2. The Bertz CT molecular complexity index is 899. The average Bonchev–Trinajstić information content (AvgIpc) is 3.29. The standard InChI is InChI=1S/C17H13N3O3S2/c21-13(11-6-7-14-15(8-11)23-10-22-14)9-24-17-20-19-16(25-17)18-12-4-2-1-3-5-12/h1-8H,9-10H2,(H,18,19). The molecule has 1 aliphatic rings. The predicted molar refractivity (Wildman–Crippen MR) is 97.3 cm³/mol. The zero-order valence-electron chi connectivity index (χ0n) is 13.0. The highest BCUT2D eigenvalue weighted by Crippen LogP contribution is 2.33. The number of hydrogen-bond donors (Lipinski definition) is 1. The second-order valence-corrected chi connectivity index (χ2v) is 7.34. The van der Waals surface area contributed by atoms with Crippen LogP contribution in [0, 0.1) is 0 Å². The van der Waals surface area contributed by atoms with Gasteiger partial charge in [-0.15, -0.1) is 10.2 Å². The molecule has 1 aromatic heterocycles. The first-order valence-corrected chi connectivity index (χ1v) is 9.29. The molecule has 0 amide bonds. The molecule has 1 N–H and O–H groups in total. The lowest BCUT2D eigenvalue weighted by atomic mass is 10.1. The number of Topliss-reactive ketones (excluding diaryl/α,β-unsaturated/α-hetero) is 1. The van der Waals surface area contributed by atoms with E-state index in [1.54, 1.807) is 18.2 Å². The highest BCUT2D eigenvalue weighted by Gasteiger charge is 2.17. The van der Waals surface area contributed by atoms with Crippen molar-refractivity contribution in [2.75, 3.05) is 17.9 Å². The van der Waals surface area contributed by atoms with Crippen molar-refractivity contribution in [1.29, 1.82) is 0 Å². The number of rotatable bonds is 6. The molecular formula is C17H13N3O3S2. The van der Waals surface area contributed by atoms with E-state index in [1.807, 2.05) is 30.3 Å². The Balaban J connectivity index is 1.36. The van der Waals surface area contributed by atoms with E-state index in [9.17, 15) is 4.79 Å². The van der Waals surface area contributed by atoms with E-state index in [2.05, 4.69) is 15.5 Å². The number of hydrogen-bond acceptors (Lipinski definition) is 8. The maximum Gasteiger partial charge on any atom is 0.231 e. The maximum absolute atomic E-state index is 12.3. The summed E-state index contributed by atoms with van der Waals surface area (Å²) in [6.45, 7) is 0.198. The second-order valence-electron chi connectivity index (χ2n) is 5.14. The summed E-state index contributed by atoms with van der Waals surface area (Å²) in [5, 5.41) is 12.1. The van der Waals surface area contributed by atoms with Gasteiger partial charge in [0.1, 0.15) is 0 Å². The fourth-order valence-corrected chi connectivity index (χ4v) is 3.91. The topological polar surface area (TPSA) is 73.3 Å². The number of ketones is 1. The van der Waals surface area contributed by atoms with Gasteiger partial charge in [-0.3, -0.25) is 4.79 Å². The van der Waals surface area contributed by atoms with Crippen LogP contribution in [-0.4, -0.2) is 28.5 Å². The van der Waals surface area contributed by atoms with E-state index in [1.165, 1.54) is 23.1 Å². The Hall–Kier alpha value is -2.58. The molecule has 0 atom stereocenters. The molecule has 0 saturated heterocycles. The summed E-state index contributed by atoms with van der Waals surface area (Å²) < 4.78 is 11.3. The molecule has 0 saturated carbocycles. The van der Waals surface area contributed by atoms with E-state index in [0.29, 0.717) is 27.9 Å². The molecule has 2 heterocycles. The van der Waals surface area contributed by atoms with Crippen LogP contribution in [0.3, 0.4) is 0 Å². The van der Waals surface area contributed by atoms with Gasteiger partial charge in [-0.25, -0.2) is 0 Å². The first-order chi connectivity index (χ1) is 12.3. The molecule has 25 heavy (non-hydrogen) atoms. The molecule has 0 aliphatic carbocycles. The maximum atomic E-state index is 12.3. The van der Waals surface area contributed by atoms with E-state index in [0.717, 1.165) is 10.0 Å². The van der Waals surface area contributed by atoms with Gasteiger partial charge >= 0.3 is 0 Å². The van der Waals surface area contributed by atoms with Gasteiger partial charge in [0.05, 0.1) is 5.75 Å². The summed E-state index contributed by atoms with van der Waals surface area (Å²) in [5.74, 6) is 1.58. The number of fused-ring (bicyclic) bond motifs is 1. The molecule has 8 heteroatoms.